The van der Waals surface area contributed by atoms with Crippen LogP contribution in [0.15, 0.2) is 0 Å². The van der Waals surface area contributed by atoms with E-state index < -0.39 is 17.9 Å². The number of carboxylic acid groups (broad SMARTS) is 1. The maximum Gasteiger partial charge on any atom is 0.514 e. The Morgan fingerprint density at radius 1 is 0.824 bits per heavy atom. The molecule has 0 fully saturated rings. The maximum absolute atomic E-state index is 12.4. The molecule has 0 saturated carbocycles. The van der Waals surface area contributed by atoms with Crippen LogP contribution in [0.25, 0.3) is 0 Å². The lowest BCUT2D eigenvalue weighted by Gasteiger charge is -2.23. The number of hydrogen-bond acceptors (Lipinski definition) is 8. The van der Waals surface area contributed by atoms with Crippen molar-refractivity contribution in [1.29, 1.82) is 0 Å². The van der Waals surface area contributed by atoms with E-state index in [-0.39, 0.29) is 23.0 Å². The summed E-state index contributed by atoms with van der Waals surface area (Å²) >= 11 is 0. The molecule has 34 heavy (non-hydrogen) atoms. The highest BCUT2D eigenvalue weighted by atomic mass is 16.7. The summed E-state index contributed by atoms with van der Waals surface area (Å²) in [4.78, 5) is 34.1. The van der Waals surface area contributed by atoms with Crippen LogP contribution in [0.4, 0.5) is 9.59 Å². The largest absolute Gasteiger partial charge is 0.514 e. The van der Waals surface area contributed by atoms with Gasteiger partial charge in [0.15, 0.2) is 11.5 Å². The van der Waals surface area contributed by atoms with Gasteiger partial charge in [-0.05, 0) is 47.0 Å². The van der Waals surface area contributed by atoms with E-state index in [0.29, 0.717) is 24.0 Å². The van der Waals surface area contributed by atoms with Crippen LogP contribution in [0.1, 0.15) is 83.3 Å². The first-order valence-electron chi connectivity index (χ1n) is 11.6. The highest BCUT2D eigenvalue weighted by Crippen LogP contribution is 2.50. The minimum absolute atomic E-state index is 0.0229. The summed E-state index contributed by atoms with van der Waals surface area (Å²) in [6, 6.07) is 0. The zero-order valence-electron chi connectivity index (χ0n) is 21.2. The molecule has 0 aliphatic heterocycles. The van der Waals surface area contributed by atoms with Gasteiger partial charge in [0.05, 0.1) is 14.2 Å². The van der Waals surface area contributed by atoms with Gasteiger partial charge in [0.25, 0.3) is 0 Å². The lowest BCUT2D eigenvalue weighted by atomic mass is 9.98. The molecule has 9 nitrogen and oxygen atoms in total. The number of methoxy groups -OCH3 is 2. The topological polar surface area (TPSA) is 118 Å². The highest BCUT2D eigenvalue weighted by molar-refractivity contribution is 5.75. The third-order valence-corrected chi connectivity index (χ3v) is 5.11. The molecule has 1 aromatic carbocycles. The Bertz CT molecular complexity index is 825. The summed E-state index contributed by atoms with van der Waals surface area (Å²) in [5.74, 6) is 0.187. The number of carbonyl (C=O) groups is 3. The molecule has 0 aliphatic carbocycles. The van der Waals surface area contributed by atoms with Gasteiger partial charge in [0, 0.05) is 17.5 Å². The Kier molecular flexibility index (Phi) is 12.2. The number of benzene rings is 1. The Labute approximate surface area is 201 Å². The van der Waals surface area contributed by atoms with Gasteiger partial charge in [-0.15, -0.1) is 0 Å². The molecule has 0 amide bonds. The average Bonchev–Trinajstić information content (AvgIpc) is 2.74. The van der Waals surface area contributed by atoms with Crippen LogP contribution in [0.3, 0.4) is 0 Å². The van der Waals surface area contributed by atoms with Crippen molar-refractivity contribution in [2.24, 2.45) is 0 Å². The van der Waals surface area contributed by atoms with E-state index in [4.69, 9.17) is 23.7 Å². The third-order valence-electron chi connectivity index (χ3n) is 5.11. The van der Waals surface area contributed by atoms with Crippen molar-refractivity contribution in [2.75, 3.05) is 14.2 Å². The van der Waals surface area contributed by atoms with E-state index in [1.54, 1.807) is 27.7 Å². The Morgan fingerprint density at radius 3 is 1.85 bits per heavy atom. The molecule has 0 spiro atoms. The number of carbonyl (C=O) groups excluding carboxylic acids is 2. The fourth-order valence-corrected chi connectivity index (χ4v) is 3.58. The molecule has 0 saturated heterocycles. The molecule has 1 N–H and O–H groups in total. The number of aldehydes is 1. The van der Waals surface area contributed by atoms with Crippen molar-refractivity contribution in [2.45, 2.75) is 91.1 Å². The number of unbranched alkanes of at least 4 members (excludes halogenated alkanes) is 7. The summed E-state index contributed by atoms with van der Waals surface area (Å²) in [6.07, 6.45) is 6.46. The van der Waals surface area contributed by atoms with Gasteiger partial charge in [-0.2, -0.15) is 0 Å². The third kappa shape index (κ3) is 9.49. The van der Waals surface area contributed by atoms with Crippen molar-refractivity contribution in [3.63, 3.8) is 0 Å². The van der Waals surface area contributed by atoms with Gasteiger partial charge in [-0.25, -0.2) is 9.59 Å². The first kappa shape index (κ1) is 29.1. The quantitative estimate of drug-likeness (QED) is 0.142. The second kappa shape index (κ2) is 14.3. The molecular formula is C25H38O9. The van der Waals surface area contributed by atoms with Crippen LogP contribution in [-0.4, -0.2) is 43.5 Å². The summed E-state index contributed by atoms with van der Waals surface area (Å²) in [7, 11) is 2.71. The molecule has 0 radical (unpaired) electrons. The molecule has 9 heteroatoms. The predicted molar refractivity (Wildman–Crippen MR) is 127 cm³/mol. The molecule has 0 bridgehead atoms. The van der Waals surface area contributed by atoms with Crippen molar-refractivity contribution < 1.29 is 43.2 Å². The van der Waals surface area contributed by atoms with Crippen LogP contribution in [-0.2, 0) is 16.0 Å². The lowest BCUT2D eigenvalue weighted by molar-refractivity contribution is -0.107. The molecule has 0 aliphatic rings. The normalized spacial score (nSPS) is 11.0. The molecule has 0 atom stereocenters. The van der Waals surface area contributed by atoms with Crippen LogP contribution in [0.5, 0.6) is 23.0 Å². The monoisotopic (exact) mass is 482 g/mol. The Balaban J connectivity index is 3.12. The zero-order valence-corrected chi connectivity index (χ0v) is 21.2. The minimum Gasteiger partial charge on any atom is -0.490 e. The van der Waals surface area contributed by atoms with E-state index in [2.05, 4.69) is 0 Å². The molecule has 0 aromatic heterocycles. The molecular weight excluding hydrogens is 444 g/mol. The van der Waals surface area contributed by atoms with E-state index in [0.717, 1.165) is 51.2 Å². The SMILES string of the molecule is COc1c(OC(=O)OC(C)(C)C)c(C)c(CCCCCCCCCC=O)c(OC(=O)O)c1OC. The number of ether oxygens (including phenoxy) is 5. The standard InChI is InChI=1S/C25H38O9/c1-17-18(15-13-11-9-7-8-10-12-14-16-26)20(32-23(27)28)22(31-6)21(30-5)19(17)33-24(29)34-25(2,3)4/h16H,7-15H2,1-6H3,(H,27,28). The fraction of sp³-hybridized carbons (Fsp3) is 0.640. The predicted octanol–water partition coefficient (Wildman–Crippen LogP) is 6.25. The average molecular weight is 483 g/mol. The van der Waals surface area contributed by atoms with E-state index in [1.165, 1.54) is 14.2 Å². The Morgan fingerprint density at radius 2 is 1.35 bits per heavy atom. The van der Waals surface area contributed by atoms with Crippen LogP contribution in [0, 0.1) is 6.92 Å². The molecule has 1 aromatic rings. The van der Waals surface area contributed by atoms with E-state index in [1.807, 2.05) is 0 Å². The Hall–Kier alpha value is -2.97. The van der Waals surface area contributed by atoms with Crippen molar-refractivity contribution >= 4 is 18.6 Å². The van der Waals surface area contributed by atoms with Gasteiger partial charge >= 0.3 is 12.3 Å². The molecule has 0 unspecified atom stereocenters. The van der Waals surface area contributed by atoms with Gasteiger partial charge in [-0.1, -0.05) is 32.1 Å². The second-order valence-corrected chi connectivity index (χ2v) is 8.94. The van der Waals surface area contributed by atoms with Crippen LogP contribution >= 0.6 is 0 Å². The first-order valence-corrected chi connectivity index (χ1v) is 11.6. The van der Waals surface area contributed by atoms with Crippen LogP contribution < -0.4 is 18.9 Å². The van der Waals surface area contributed by atoms with Gasteiger partial charge in [-0.3, -0.25) is 0 Å². The highest BCUT2D eigenvalue weighted by Gasteiger charge is 2.30. The lowest BCUT2D eigenvalue weighted by Crippen LogP contribution is -2.26. The number of hydrogen-bond donors (Lipinski definition) is 1. The minimum atomic E-state index is -1.49. The van der Waals surface area contributed by atoms with Crippen molar-refractivity contribution in [3.05, 3.63) is 11.1 Å². The van der Waals surface area contributed by atoms with E-state index in [9.17, 15) is 19.5 Å². The van der Waals surface area contributed by atoms with Gasteiger partial charge in [0.2, 0.25) is 11.5 Å². The fourth-order valence-electron chi connectivity index (χ4n) is 3.58. The van der Waals surface area contributed by atoms with Crippen LogP contribution in [0.2, 0.25) is 0 Å². The summed E-state index contributed by atoms with van der Waals surface area (Å²) < 4.78 is 26.6. The summed E-state index contributed by atoms with van der Waals surface area (Å²) in [5.41, 5.74) is 0.309. The van der Waals surface area contributed by atoms with Gasteiger partial charge in [0.1, 0.15) is 11.9 Å². The van der Waals surface area contributed by atoms with Gasteiger partial charge < -0.3 is 33.6 Å². The first-order chi connectivity index (χ1) is 16.1. The second-order valence-electron chi connectivity index (χ2n) is 8.94. The molecule has 1 rings (SSSR count). The maximum atomic E-state index is 12.4. The molecule has 0 heterocycles. The van der Waals surface area contributed by atoms with E-state index >= 15 is 0 Å². The van der Waals surface area contributed by atoms with Crippen molar-refractivity contribution in [3.8, 4) is 23.0 Å². The van der Waals surface area contributed by atoms with Crippen molar-refractivity contribution in [1.82, 2.24) is 0 Å². The smallest absolute Gasteiger partial charge is 0.490 e. The summed E-state index contributed by atoms with van der Waals surface area (Å²) in [5, 5.41) is 9.29. The molecule has 192 valence electrons. The number of rotatable bonds is 14. The summed E-state index contributed by atoms with van der Waals surface area (Å²) in [6.45, 7) is 6.86. The zero-order chi connectivity index (χ0) is 25.7.